The van der Waals surface area contributed by atoms with Gasteiger partial charge < -0.3 is 10.2 Å². The van der Waals surface area contributed by atoms with Crippen LogP contribution in [0.5, 0.6) is 0 Å². The molecular weight excluding hydrogens is 500 g/mol. The van der Waals surface area contributed by atoms with Gasteiger partial charge in [-0.25, -0.2) is 0 Å². The molecule has 2 aliphatic rings. The standard InChI is InChI=1S/C35H52O5/c1-22(2)12-11-18-33(10)27(15-13-23(3)4)20-34(19-17-24(5)6)30(38)28(16-14-26(9)21-36)31(39)35(33,32(34)40)29(37)25(7)8/h12-14,17,25,27,36,38H,11,15-16,18-21H2,1-10H3. The molecule has 5 nitrogen and oxygen atoms in total. The van der Waals surface area contributed by atoms with E-state index in [4.69, 9.17) is 0 Å². The maximum Gasteiger partial charge on any atom is 0.184 e. The quantitative estimate of drug-likeness (QED) is 0.189. The van der Waals surface area contributed by atoms with Gasteiger partial charge in [0, 0.05) is 11.5 Å². The van der Waals surface area contributed by atoms with E-state index in [-0.39, 0.29) is 42.5 Å². The zero-order valence-corrected chi connectivity index (χ0v) is 26.5. The minimum absolute atomic E-state index is 0.0662. The monoisotopic (exact) mass is 552 g/mol. The lowest BCUT2D eigenvalue weighted by atomic mass is 9.38. The molecule has 2 rings (SSSR count). The largest absolute Gasteiger partial charge is 0.511 e. The summed E-state index contributed by atoms with van der Waals surface area (Å²) in [5.41, 5.74) is -0.128. The van der Waals surface area contributed by atoms with Gasteiger partial charge in [-0.05, 0) is 98.3 Å². The van der Waals surface area contributed by atoms with Crippen LogP contribution in [0, 0.1) is 28.1 Å². The maximum atomic E-state index is 15.0. The second-order valence-corrected chi connectivity index (χ2v) is 13.4. The Morgan fingerprint density at radius 3 is 2.02 bits per heavy atom. The minimum atomic E-state index is -1.90. The van der Waals surface area contributed by atoms with E-state index in [1.807, 2.05) is 54.5 Å². The molecule has 2 aliphatic carbocycles. The Morgan fingerprint density at radius 1 is 0.950 bits per heavy atom. The van der Waals surface area contributed by atoms with Crippen molar-refractivity contribution in [3.8, 4) is 0 Å². The molecule has 0 heterocycles. The van der Waals surface area contributed by atoms with Crippen LogP contribution in [0.25, 0.3) is 0 Å². The molecule has 0 aromatic carbocycles. The van der Waals surface area contributed by atoms with Crippen molar-refractivity contribution in [3.05, 3.63) is 57.9 Å². The zero-order valence-electron chi connectivity index (χ0n) is 26.5. The number of carbonyl (C=O) groups excluding carboxylic acids is 3. The van der Waals surface area contributed by atoms with Gasteiger partial charge in [-0.2, -0.15) is 0 Å². The van der Waals surface area contributed by atoms with Crippen molar-refractivity contribution < 1.29 is 24.6 Å². The number of allylic oxidation sites excluding steroid dienone is 9. The van der Waals surface area contributed by atoms with Crippen LogP contribution in [0.15, 0.2) is 57.9 Å². The highest BCUT2D eigenvalue weighted by Gasteiger charge is 2.75. The van der Waals surface area contributed by atoms with Crippen LogP contribution in [-0.4, -0.2) is 34.2 Å². The van der Waals surface area contributed by atoms with E-state index in [0.717, 1.165) is 16.7 Å². The molecule has 222 valence electrons. The molecule has 4 atom stereocenters. The highest BCUT2D eigenvalue weighted by atomic mass is 16.3. The van der Waals surface area contributed by atoms with Gasteiger partial charge in [-0.15, -0.1) is 0 Å². The fraction of sp³-hybridized carbons (Fsp3) is 0.629. The molecule has 4 unspecified atom stereocenters. The molecule has 0 aromatic rings. The van der Waals surface area contributed by atoms with Crippen molar-refractivity contribution in [2.75, 3.05) is 6.61 Å². The average molecular weight is 553 g/mol. The zero-order chi connectivity index (χ0) is 30.6. The lowest BCUT2D eigenvalue weighted by molar-refractivity contribution is -0.180. The van der Waals surface area contributed by atoms with Crippen molar-refractivity contribution in [1.82, 2.24) is 0 Å². The van der Waals surface area contributed by atoms with Crippen molar-refractivity contribution in [2.45, 2.75) is 108 Å². The molecule has 2 N–H and O–H groups in total. The highest BCUT2D eigenvalue weighted by molar-refractivity contribution is 6.33. The summed E-state index contributed by atoms with van der Waals surface area (Å²) >= 11 is 0. The molecule has 0 aliphatic heterocycles. The first-order valence-corrected chi connectivity index (χ1v) is 14.8. The second kappa shape index (κ2) is 13.0. The van der Waals surface area contributed by atoms with E-state index in [2.05, 4.69) is 12.2 Å². The first-order chi connectivity index (χ1) is 18.5. The van der Waals surface area contributed by atoms with Crippen LogP contribution in [0.1, 0.15) is 108 Å². The molecule has 5 heteroatoms. The summed E-state index contributed by atoms with van der Waals surface area (Å²) in [4.78, 5) is 44.3. The SMILES string of the molecule is CC(C)=CCCC1(C)C(CC=C(C)C)CC2(CC=C(C)C)C(=O)C1(C(=O)C(C)C)C(=O)C(CC=C(C)CO)=C2O. The normalized spacial score (nSPS) is 28.5. The predicted molar refractivity (Wildman–Crippen MR) is 163 cm³/mol. The highest BCUT2D eigenvalue weighted by Crippen LogP contribution is 2.67. The summed E-state index contributed by atoms with van der Waals surface area (Å²) < 4.78 is 0. The number of rotatable bonds is 12. The maximum absolute atomic E-state index is 15.0. The van der Waals surface area contributed by atoms with E-state index >= 15 is 4.79 Å². The third kappa shape index (κ3) is 5.91. The molecule has 0 saturated heterocycles. The van der Waals surface area contributed by atoms with Gasteiger partial charge in [0.15, 0.2) is 22.8 Å². The lowest BCUT2D eigenvalue weighted by Crippen LogP contribution is -2.71. The van der Waals surface area contributed by atoms with Crippen molar-refractivity contribution in [1.29, 1.82) is 0 Å². The Bertz CT molecular complexity index is 1160. The topological polar surface area (TPSA) is 91.7 Å². The molecule has 40 heavy (non-hydrogen) atoms. The van der Waals surface area contributed by atoms with Crippen LogP contribution in [0.3, 0.4) is 0 Å². The molecule has 1 saturated carbocycles. The Morgan fingerprint density at radius 2 is 1.52 bits per heavy atom. The van der Waals surface area contributed by atoms with Gasteiger partial charge >= 0.3 is 0 Å². The van der Waals surface area contributed by atoms with Gasteiger partial charge in [-0.3, -0.25) is 14.4 Å². The molecule has 0 radical (unpaired) electrons. The first kappa shape index (κ1) is 33.7. The molecule has 0 amide bonds. The van der Waals surface area contributed by atoms with Crippen LogP contribution >= 0.6 is 0 Å². The number of hydrogen-bond acceptors (Lipinski definition) is 5. The number of hydrogen-bond donors (Lipinski definition) is 2. The van der Waals surface area contributed by atoms with Crippen LogP contribution < -0.4 is 0 Å². The van der Waals surface area contributed by atoms with Crippen molar-refractivity contribution in [3.63, 3.8) is 0 Å². The summed E-state index contributed by atoms with van der Waals surface area (Å²) in [6.07, 6.45) is 10.4. The number of fused-ring (bicyclic) bond motifs is 2. The Labute approximate surface area is 242 Å². The predicted octanol–water partition coefficient (Wildman–Crippen LogP) is 7.96. The third-order valence-corrected chi connectivity index (χ3v) is 9.17. The van der Waals surface area contributed by atoms with E-state index < -0.39 is 33.7 Å². The van der Waals surface area contributed by atoms with Gasteiger partial charge in [0.05, 0.1) is 12.0 Å². The summed E-state index contributed by atoms with van der Waals surface area (Å²) in [6, 6.07) is 0. The third-order valence-electron chi connectivity index (χ3n) is 9.17. The van der Waals surface area contributed by atoms with E-state index in [9.17, 15) is 19.8 Å². The fourth-order valence-electron chi connectivity index (χ4n) is 6.75. The van der Waals surface area contributed by atoms with Gasteiger partial charge in [0.2, 0.25) is 0 Å². The lowest BCUT2D eigenvalue weighted by Gasteiger charge is -2.61. The van der Waals surface area contributed by atoms with E-state index in [1.54, 1.807) is 26.8 Å². The van der Waals surface area contributed by atoms with Gasteiger partial charge in [0.1, 0.15) is 5.76 Å². The second-order valence-electron chi connectivity index (χ2n) is 13.4. The molecule has 0 spiro atoms. The van der Waals surface area contributed by atoms with E-state index in [0.29, 0.717) is 31.3 Å². The fourth-order valence-corrected chi connectivity index (χ4v) is 6.75. The van der Waals surface area contributed by atoms with Crippen molar-refractivity contribution >= 4 is 17.3 Å². The number of aliphatic hydroxyl groups excluding tert-OH is 2. The van der Waals surface area contributed by atoms with Gasteiger partial charge in [0.25, 0.3) is 0 Å². The van der Waals surface area contributed by atoms with Crippen LogP contribution in [0.2, 0.25) is 0 Å². The number of aliphatic hydroxyl groups is 2. The van der Waals surface area contributed by atoms with Crippen LogP contribution in [0.4, 0.5) is 0 Å². The Kier molecular flexibility index (Phi) is 10.9. The molecule has 2 bridgehead atoms. The summed E-state index contributed by atoms with van der Waals surface area (Å²) in [6.45, 7) is 19.1. The minimum Gasteiger partial charge on any atom is -0.511 e. The smallest absolute Gasteiger partial charge is 0.184 e. The number of Topliss-reactive ketones (excluding diaryl/α,β-unsaturated/α-hetero) is 3. The summed E-state index contributed by atoms with van der Waals surface area (Å²) in [5.74, 6) is -2.25. The Hall–Kier alpha value is -2.53. The molecular formula is C35H52O5. The Balaban J connectivity index is 3.09. The number of carbonyl (C=O) groups is 3. The van der Waals surface area contributed by atoms with Crippen molar-refractivity contribution in [2.24, 2.45) is 28.1 Å². The number of ketones is 3. The molecule has 1 fully saturated rings. The first-order valence-electron chi connectivity index (χ1n) is 14.8. The summed E-state index contributed by atoms with van der Waals surface area (Å²) in [5, 5.41) is 21.5. The van der Waals surface area contributed by atoms with Gasteiger partial charge in [-0.1, -0.05) is 67.4 Å². The average Bonchev–Trinajstić information content (AvgIpc) is 2.86. The molecule has 0 aromatic heterocycles. The van der Waals surface area contributed by atoms with Crippen LogP contribution in [-0.2, 0) is 14.4 Å². The van der Waals surface area contributed by atoms with E-state index in [1.165, 1.54) is 0 Å². The summed E-state index contributed by atoms with van der Waals surface area (Å²) in [7, 11) is 0.